The van der Waals surface area contributed by atoms with Gasteiger partial charge in [0.25, 0.3) is 0 Å². The maximum atomic E-state index is 12.7. The van der Waals surface area contributed by atoms with Gasteiger partial charge in [0.05, 0.1) is 0 Å². The maximum absolute atomic E-state index is 12.7. The molecule has 0 aromatic rings. The molecule has 3 heteroatoms. The normalized spacial score (nSPS) is 52.6. The van der Waals surface area contributed by atoms with E-state index in [2.05, 4.69) is 48.5 Å². The summed E-state index contributed by atoms with van der Waals surface area (Å²) in [5.41, 5.74) is 0.909. The van der Waals surface area contributed by atoms with Crippen LogP contribution in [0, 0.1) is 62.6 Å². The molecule has 0 spiro atoms. The largest absolute Gasteiger partial charge is 0.462 e. The lowest BCUT2D eigenvalue weighted by atomic mass is 9.32. The SMILES string of the molecule is CC(=O)OC1CCC2(C)C(CCC3(C)C2CCC2C4C(C(C)C)CCC4(C=O)CC[C@]23C)C1(C)C. The molecule has 0 heterocycles. The van der Waals surface area contributed by atoms with Gasteiger partial charge < -0.3 is 9.53 Å². The van der Waals surface area contributed by atoms with Crippen LogP contribution in [0.2, 0.25) is 0 Å². The third-order valence-electron chi connectivity index (χ3n) is 13.9. The first-order chi connectivity index (χ1) is 16.3. The van der Waals surface area contributed by atoms with Crippen molar-refractivity contribution in [3.05, 3.63) is 0 Å². The van der Waals surface area contributed by atoms with Crippen molar-refractivity contribution in [1.82, 2.24) is 0 Å². The lowest BCUT2D eigenvalue weighted by Crippen LogP contribution is -2.67. The number of hydrogen-bond donors (Lipinski definition) is 0. The second-order valence-electron chi connectivity index (χ2n) is 15.4. The zero-order valence-corrected chi connectivity index (χ0v) is 23.9. The van der Waals surface area contributed by atoms with Crippen LogP contribution in [-0.2, 0) is 14.3 Å². The Labute approximate surface area is 214 Å². The smallest absolute Gasteiger partial charge is 0.302 e. The molecule has 5 saturated carbocycles. The van der Waals surface area contributed by atoms with Gasteiger partial charge in [0.15, 0.2) is 0 Å². The van der Waals surface area contributed by atoms with Crippen LogP contribution in [0.5, 0.6) is 0 Å². The predicted octanol–water partition coefficient (Wildman–Crippen LogP) is 7.85. The van der Waals surface area contributed by atoms with E-state index in [0.717, 1.165) is 25.2 Å². The quantitative estimate of drug-likeness (QED) is 0.302. The molecule has 0 amide bonds. The Morgan fingerprint density at radius 2 is 1.54 bits per heavy atom. The first-order valence-electron chi connectivity index (χ1n) is 14.9. The van der Waals surface area contributed by atoms with Crippen LogP contribution >= 0.6 is 0 Å². The number of rotatable bonds is 3. The minimum Gasteiger partial charge on any atom is -0.462 e. The highest BCUT2D eigenvalue weighted by Gasteiger charge is 2.71. The molecule has 5 aliphatic carbocycles. The number of esters is 1. The number of hydrogen-bond acceptors (Lipinski definition) is 3. The molecule has 3 nitrogen and oxygen atoms in total. The minimum atomic E-state index is -0.127. The molecule has 0 aromatic heterocycles. The molecule has 5 rings (SSSR count). The van der Waals surface area contributed by atoms with Gasteiger partial charge in [-0.05, 0) is 116 Å². The second-order valence-corrected chi connectivity index (χ2v) is 15.4. The van der Waals surface area contributed by atoms with E-state index in [4.69, 9.17) is 4.74 Å². The fourth-order valence-corrected chi connectivity index (χ4v) is 12.0. The monoisotopic (exact) mass is 484 g/mol. The molecule has 0 saturated heterocycles. The molecule has 5 aliphatic rings. The van der Waals surface area contributed by atoms with Gasteiger partial charge in [-0.2, -0.15) is 0 Å². The maximum Gasteiger partial charge on any atom is 0.302 e. The van der Waals surface area contributed by atoms with Crippen molar-refractivity contribution in [1.29, 1.82) is 0 Å². The average Bonchev–Trinajstić information content (AvgIpc) is 3.16. The van der Waals surface area contributed by atoms with Crippen LogP contribution in [0.3, 0.4) is 0 Å². The molecule has 9 unspecified atom stereocenters. The van der Waals surface area contributed by atoms with E-state index in [1.54, 1.807) is 6.92 Å². The molecule has 0 radical (unpaired) electrons. The van der Waals surface area contributed by atoms with Gasteiger partial charge in [0.1, 0.15) is 12.4 Å². The Kier molecular flexibility index (Phi) is 5.94. The van der Waals surface area contributed by atoms with Gasteiger partial charge >= 0.3 is 5.97 Å². The molecule has 198 valence electrons. The van der Waals surface area contributed by atoms with Crippen LogP contribution in [0.25, 0.3) is 0 Å². The Morgan fingerprint density at radius 3 is 2.17 bits per heavy atom. The van der Waals surface area contributed by atoms with Crippen LogP contribution in [0.4, 0.5) is 0 Å². The van der Waals surface area contributed by atoms with Crippen molar-refractivity contribution in [2.45, 2.75) is 126 Å². The number of fused-ring (bicyclic) bond motifs is 7. The molecule has 0 bridgehead atoms. The summed E-state index contributed by atoms with van der Waals surface area (Å²) in [6, 6.07) is 0. The Balaban J connectivity index is 1.51. The summed E-state index contributed by atoms with van der Waals surface area (Å²) in [5.74, 6) is 3.82. The van der Waals surface area contributed by atoms with Crippen LogP contribution in [0.15, 0.2) is 0 Å². The van der Waals surface area contributed by atoms with Gasteiger partial charge in [-0.3, -0.25) is 4.79 Å². The van der Waals surface area contributed by atoms with E-state index in [1.165, 1.54) is 51.2 Å². The van der Waals surface area contributed by atoms with Gasteiger partial charge in [-0.1, -0.05) is 48.5 Å². The highest BCUT2D eigenvalue weighted by molar-refractivity contribution is 5.66. The summed E-state index contributed by atoms with van der Waals surface area (Å²) in [7, 11) is 0. The van der Waals surface area contributed by atoms with Crippen LogP contribution in [0.1, 0.15) is 120 Å². The highest BCUT2D eigenvalue weighted by atomic mass is 16.5. The zero-order valence-electron chi connectivity index (χ0n) is 23.9. The fourth-order valence-electron chi connectivity index (χ4n) is 12.0. The lowest BCUT2D eigenvalue weighted by molar-refractivity contribution is -0.249. The summed E-state index contributed by atoms with van der Waals surface area (Å²) in [5, 5.41) is 0. The van der Waals surface area contributed by atoms with E-state index in [1.807, 2.05) is 0 Å². The molecular formula is C32H52O3. The third kappa shape index (κ3) is 3.27. The van der Waals surface area contributed by atoms with E-state index in [0.29, 0.717) is 45.8 Å². The van der Waals surface area contributed by atoms with E-state index < -0.39 is 0 Å². The van der Waals surface area contributed by atoms with Crippen LogP contribution < -0.4 is 0 Å². The molecule has 35 heavy (non-hydrogen) atoms. The Morgan fingerprint density at radius 1 is 0.829 bits per heavy atom. The molecule has 5 fully saturated rings. The molecule has 0 aromatic carbocycles. The summed E-state index contributed by atoms with van der Waals surface area (Å²) in [4.78, 5) is 24.5. The predicted molar refractivity (Wildman–Crippen MR) is 141 cm³/mol. The van der Waals surface area contributed by atoms with Crippen molar-refractivity contribution in [2.75, 3.05) is 0 Å². The van der Waals surface area contributed by atoms with E-state index >= 15 is 0 Å². The van der Waals surface area contributed by atoms with E-state index in [-0.39, 0.29) is 22.9 Å². The van der Waals surface area contributed by atoms with Crippen LogP contribution in [-0.4, -0.2) is 18.4 Å². The Hall–Kier alpha value is -0.860. The van der Waals surface area contributed by atoms with Crippen molar-refractivity contribution in [3.8, 4) is 0 Å². The number of carbonyl (C=O) groups is 2. The summed E-state index contributed by atoms with van der Waals surface area (Å²) >= 11 is 0. The topological polar surface area (TPSA) is 43.4 Å². The fraction of sp³-hybridized carbons (Fsp3) is 0.938. The standard InChI is InChI=1S/C32H52O3/c1-20(2)22-11-16-32(19-33)18-17-30(7)23(27(22)32)9-10-25-29(6)14-13-26(35-21(3)34)28(4,5)24(29)12-15-31(25,30)8/h19-20,22-27H,9-18H2,1-8H3/t22?,23?,24?,25?,26?,27?,29?,30-,31?,32?/m1/s1. The van der Waals surface area contributed by atoms with Crippen molar-refractivity contribution in [2.24, 2.45) is 62.6 Å². The van der Waals surface area contributed by atoms with Gasteiger partial charge in [-0.25, -0.2) is 0 Å². The van der Waals surface area contributed by atoms with E-state index in [9.17, 15) is 9.59 Å². The number of carbonyl (C=O) groups excluding carboxylic acids is 2. The van der Waals surface area contributed by atoms with Gasteiger partial charge in [0, 0.05) is 17.8 Å². The molecular weight excluding hydrogens is 432 g/mol. The highest BCUT2D eigenvalue weighted by Crippen LogP contribution is 2.77. The first kappa shape index (κ1) is 25.8. The van der Waals surface area contributed by atoms with Gasteiger partial charge in [0.2, 0.25) is 0 Å². The lowest BCUT2D eigenvalue weighted by Gasteiger charge is -2.72. The second kappa shape index (κ2) is 8.07. The van der Waals surface area contributed by atoms with Crippen molar-refractivity contribution >= 4 is 12.3 Å². The average molecular weight is 485 g/mol. The molecule has 10 atom stereocenters. The Bertz CT molecular complexity index is 876. The summed E-state index contributed by atoms with van der Waals surface area (Å²) in [6.07, 6.45) is 13.5. The first-order valence-corrected chi connectivity index (χ1v) is 14.9. The zero-order chi connectivity index (χ0) is 25.6. The molecule has 0 aliphatic heterocycles. The van der Waals surface area contributed by atoms with Gasteiger partial charge in [-0.15, -0.1) is 0 Å². The summed E-state index contributed by atoms with van der Waals surface area (Å²) < 4.78 is 5.90. The number of aldehydes is 1. The van der Waals surface area contributed by atoms with Crippen molar-refractivity contribution < 1.29 is 14.3 Å². The molecule has 0 N–H and O–H groups in total. The summed E-state index contributed by atoms with van der Waals surface area (Å²) in [6.45, 7) is 19.1. The van der Waals surface area contributed by atoms with Crippen molar-refractivity contribution in [3.63, 3.8) is 0 Å². The third-order valence-corrected chi connectivity index (χ3v) is 13.9. The minimum absolute atomic E-state index is 0.0190. The number of ether oxygens (including phenoxy) is 1.